The van der Waals surface area contributed by atoms with Crippen LogP contribution in [-0.2, 0) is 28.8 Å². The van der Waals surface area contributed by atoms with Gasteiger partial charge in [-0.25, -0.2) is 4.79 Å². The molecule has 0 saturated carbocycles. The van der Waals surface area contributed by atoms with E-state index in [9.17, 15) is 33.9 Å². The SMILES string of the molecule is BC(=O)C(N)CCCCNC(=O)[C@@H](N)CCCCNC(=O)CCC(NC(=O)CCCCCCCCCCCCC=O)C(=O)O. The third-order valence-electron chi connectivity index (χ3n) is 7.63. The third-order valence-corrected chi connectivity index (χ3v) is 7.63. The Morgan fingerprint density at radius 2 is 1.16 bits per heavy atom. The van der Waals surface area contributed by atoms with Crippen molar-refractivity contribution in [3.63, 3.8) is 0 Å². The molecule has 0 saturated heterocycles. The summed E-state index contributed by atoms with van der Waals surface area (Å²) in [4.78, 5) is 69.4. The number of nitrogens with two attached hydrogens (primary N) is 2. The molecule has 3 amide bonds. The van der Waals surface area contributed by atoms with Crippen LogP contribution in [-0.4, -0.2) is 79.8 Å². The molecule has 0 aromatic heterocycles. The van der Waals surface area contributed by atoms with E-state index in [4.69, 9.17) is 11.5 Å². The van der Waals surface area contributed by atoms with E-state index >= 15 is 0 Å². The standard InChI is InChI=1S/C31H58BN5O7/c32-29(41)24(33)16-11-14-22-36-30(42)25(34)17-12-13-21-35-27(39)20-19-26(31(43)44)37-28(40)18-10-8-6-4-2-1-3-5-7-9-15-23-38/h23-26H,1-22,32-34H2,(H,35,39)(H,36,42)(H,37,40)(H,43,44)/t24?,25-,26?/m0/s1. The smallest absolute Gasteiger partial charge is 0.326 e. The van der Waals surface area contributed by atoms with Gasteiger partial charge in [-0.2, -0.15) is 0 Å². The molecule has 8 N–H and O–H groups in total. The molecule has 44 heavy (non-hydrogen) atoms. The van der Waals surface area contributed by atoms with Gasteiger partial charge in [-0.05, 0) is 57.8 Å². The van der Waals surface area contributed by atoms with E-state index in [1.807, 2.05) is 0 Å². The van der Waals surface area contributed by atoms with Crippen molar-refractivity contribution in [2.45, 2.75) is 147 Å². The van der Waals surface area contributed by atoms with Gasteiger partial charge in [-0.15, -0.1) is 0 Å². The zero-order valence-electron chi connectivity index (χ0n) is 26.9. The van der Waals surface area contributed by atoms with Crippen molar-refractivity contribution in [1.82, 2.24) is 16.0 Å². The summed E-state index contributed by atoms with van der Waals surface area (Å²) in [5, 5.41) is 17.5. The number of aliphatic carboxylic acids is 1. The zero-order chi connectivity index (χ0) is 33.0. The van der Waals surface area contributed by atoms with Crippen molar-refractivity contribution >= 4 is 43.5 Å². The van der Waals surface area contributed by atoms with E-state index < -0.39 is 24.1 Å². The van der Waals surface area contributed by atoms with Gasteiger partial charge in [0.2, 0.25) is 17.7 Å². The summed E-state index contributed by atoms with van der Waals surface area (Å²) in [6, 6.07) is -2.21. The van der Waals surface area contributed by atoms with Crippen molar-refractivity contribution in [3.8, 4) is 0 Å². The Kier molecular flexibility index (Phi) is 26.0. The first-order valence-corrected chi connectivity index (χ1v) is 16.6. The predicted octanol–water partition coefficient (Wildman–Crippen LogP) is 1.60. The quantitative estimate of drug-likeness (QED) is 0.0389. The Labute approximate surface area is 264 Å². The van der Waals surface area contributed by atoms with Crippen molar-refractivity contribution in [1.29, 1.82) is 0 Å². The van der Waals surface area contributed by atoms with Crippen LogP contribution in [0.25, 0.3) is 0 Å². The van der Waals surface area contributed by atoms with Crippen molar-refractivity contribution in [2.75, 3.05) is 13.1 Å². The van der Waals surface area contributed by atoms with E-state index in [1.54, 1.807) is 0 Å². The number of carbonyl (C=O) groups is 6. The summed E-state index contributed by atoms with van der Waals surface area (Å²) in [7, 11) is 1.46. The summed E-state index contributed by atoms with van der Waals surface area (Å²) in [6.07, 6.45) is 16.2. The van der Waals surface area contributed by atoms with E-state index in [0.29, 0.717) is 58.0 Å². The van der Waals surface area contributed by atoms with Crippen molar-refractivity contribution in [2.24, 2.45) is 11.5 Å². The van der Waals surface area contributed by atoms with Gasteiger partial charge in [0.25, 0.3) is 0 Å². The molecule has 0 fully saturated rings. The first-order chi connectivity index (χ1) is 21.1. The lowest BCUT2D eigenvalue weighted by atomic mass is 9.92. The van der Waals surface area contributed by atoms with Crippen LogP contribution in [0.2, 0.25) is 0 Å². The molecule has 0 aliphatic heterocycles. The normalized spacial score (nSPS) is 13.0. The Balaban J connectivity index is 3.89. The topological polar surface area (TPSA) is 211 Å². The molecule has 13 heteroatoms. The van der Waals surface area contributed by atoms with Gasteiger partial charge < -0.3 is 42.1 Å². The summed E-state index contributed by atoms with van der Waals surface area (Å²) >= 11 is 0. The molecular formula is C31H58BN5O7. The van der Waals surface area contributed by atoms with E-state index in [-0.39, 0.29) is 42.7 Å². The molecular weight excluding hydrogens is 565 g/mol. The molecule has 0 aromatic carbocycles. The molecule has 0 bridgehead atoms. The summed E-state index contributed by atoms with van der Waals surface area (Å²) in [6.45, 7) is 0.854. The largest absolute Gasteiger partial charge is 0.480 e. The highest BCUT2D eigenvalue weighted by atomic mass is 16.4. The average molecular weight is 624 g/mol. The predicted molar refractivity (Wildman–Crippen MR) is 173 cm³/mol. The van der Waals surface area contributed by atoms with Crippen molar-refractivity contribution in [3.05, 3.63) is 0 Å². The summed E-state index contributed by atoms with van der Waals surface area (Å²) in [5.74, 6) is -2.01. The second-order valence-electron chi connectivity index (χ2n) is 11.7. The molecule has 0 aliphatic carbocycles. The highest BCUT2D eigenvalue weighted by Crippen LogP contribution is 2.12. The number of rotatable bonds is 30. The molecule has 2 unspecified atom stereocenters. The lowest BCUT2D eigenvalue weighted by Gasteiger charge is -2.15. The number of hydrogen-bond donors (Lipinski definition) is 6. The highest BCUT2D eigenvalue weighted by Gasteiger charge is 2.21. The van der Waals surface area contributed by atoms with Gasteiger partial charge in [0.05, 0.1) is 17.8 Å². The molecule has 0 radical (unpaired) electrons. The fourth-order valence-electron chi connectivity index (χ4n) is 4.70. The van der Waals surface area contributed by atoms with Crippen LogP contribution in [0.15, 0.2) is 0 Å². The number of hydrogen-bond acceptors (Lipinski definition) is 8. The number of aldehydes is 1. The van der Waals surface area contributed by atoms with Crippen LogP contribution >= 0.6 is 0 Å². The van der Waals surface area contributed by atoms with E-state index in [0.717, 1.165) is 51.2 Å². The van der Waals surface area contributed by atoms with E-state index in [1.165, 1.54) is 27.1 Å². The summed E-state index contributed by atoms with van der Waals surface area (Å²) in [5.41, 5.74) is 11.6. The molecule has 0 rings (SSSR count). The van der Waals surface area contributed by atoms with Crippen LogP contribution in [0.1, 0.15) is 128 Å². The second kappa shape index (κ2) is 27.7. The van der Waals surface area contributed by atoms with Gasteiger partial charge in [0.15, 0.2) is 7.85 Å². The van der Waals surface area contributed by atoms with Crippen LogP contribution in [0, 0.1) is 0 Å². The van der Waals surface area contributed by atoms with Crippen LogP contribution in [0.5, 0.6) is 0 Å². The zero-order valence-corrected chi connectivity index (χ0v) is 26.9. The Morgan fingerprint density at radius 1 is 0.636 bits per heavy atom. The number of unbranched alkanes of at least 4 members (excludes halogenated alkanes) is 12. The first kappa shape index (κ1) is 41.2. The molecule has 0 heterocycles. The van der Waals surface area contributed by atoms with Gasteiger partial charge in [-0.1, -0.05) is 51.4 Å². The maximum Gasteiger partial charge on any atom is 0.326 e. The van der Waals surface area contributed by atoms with Crippen molar-refractivity contribution < 1.29 is 33.9 Å². The highest BCUT2D eigenvalue weighted by molar-refractivity contribution is 6.59. The van der Waals surface area contributed by atoms with Gasteiger partial charge >= 0.3 is 5.97 Å². The molecule has 252 valence electrons. The van der Waals surface area contributed by atoms with Gasteiger partial charge in [-0.3, -0.25) is 14.4 Å². The maximum atomic E-state index is 12.2. The Bertz CT molecular complexity index is 846. The fraction of sp³-hybridized carbons (Fsp3) is 0.806. The number of carboxylic acid groups (broad SMARTS) is 1. The molecule has 3 atom stereocenters. The monoisotopic (exact) mass is 623 g/mol. The number of carboxylic acids is 1. The number of carbonyl (C=O) groups excluding carboxylic acids is 5. The Morgan fingerprint density at radius 3 is 1.70 bits per heavy atom. The second-order valence-corrected chi connectivity index (χ2v) is 11.7. The molecule has 0 spiro atoms. The van der Waals surface area contributed by atoms with E-state index in [2.05, 4.69) is 16.0 Å². The third kappa shape index (κ3) is 24.6. The van der Waals surface area contributed by atoms with Gasteiger partial charge in [0.1, 0.15) is 12.3 Å². The van der Waals surface area contributed by atoms with Crippen LogP contribution in [0.4, 0.5) is 0 Å². The Hall–Kier alpha value is -2.80. The minimum Gasteiger partial charge on any atom is -0.480 e. The molecule has 0 aromatic rings. The minimum atomic E-state index is -1.16. The average Bonchev–Trinajstić information content (AvgIpc) is 2.98. The molecule has 12 nitrogen and oxygen atoms in total. The van der Waals surface area contributed by atoms with Crippen LogP contribution < -0.4 is 27.4 Å². The lowest BCUT2D eigenvalue weighted by Crippen LogP contribution is -2.41. The molecule has 0 aliphatic rings. The minimum absolute atomic E-state index is 0.00772. The first-order valence-electron chi connectivity index (χ1n) is 16.6. The maximum absolute atomic E-state index is 12.2. The fourth-order valence-corrected chi connectivity index (χ4v) is 4.70. The number of amides is 3. The summed E-state index contributed by atoms with van der Waals surface area (Å²) < 4.78 is 0. The van der Waals surface area contributed by atoms with Crippen LogP contribution in [0.3, 0.4) is 0 Å². The lowest BCUT2D eigenvalue weighted by molar-refractivity contribution is -0.142. The van der Waals surface area contributed by atoms with Gasteiger partial charge in [0, 0.05) is 32.4 Å². The number of nitrogens with one attached hydrogen (secondary N) is 3.